The molecule has 1 aromatic carbocycles. The van der Waals surface area contributed by atoms with Gasteiger partial charge in [-0.1, -0.05) is 12.8 Å². The largest absolute Gasteiger partial charge is 0.465 e. The number of hydrogen-bond donors (Lipinski definition) is 0. The maximum Gasteiger partial charge on any atom is 0.337 e. The standard InChI is InChI=1S/C31H33N3O5/c1-18-11-22(20(3)33(18)27-15-23(30(36)38-5)14-24(16-27)31(37)39-6)13-25(17-32)29(35)28-12-19(2)34(21(28)4)26-9-7-8-10-26/h11-16,26H,7-10H2,1-6H3/b25-13-. The van der Waals surface area contributed by atoms with Crippen LogP contribution in [0.4, 0.5) is 0 Å². The third-order valence-electron chi connectivity index (χ3n) is 7.57. The van der Waals surface area contributed by atoms with Crippen molar-refractivity contribution in [1.82, 2.24) is 9.13 Å². The number of nitriles is 1. The van der Waals surface area contributed by atoms with Gasteiger partial charge in [0.1, 0.15) is 11.6 Å². The first kappa shape index (κ1) is 27.6. The Bertz CT molecular complexity index is 1510. The lowest BCUT2D eigenvalue weighted by Gasteiger charge is -2.17. The number of aromatic nitrogens is 2. The monoisotopic (exact) mass is 527 g/mol. The predicted octanol–water partition coefficient (Wildman–Crippen LogP) is 5.99. The third-order valence-corrected chi connectivity index (χ3v) is 7.57. The maximum absolute atomic E-state index is 13.5. The fourth-order valence-electron chi connectivity index (χ4n) is 5.72. The molecule has 1 saturated carbocycles. The SMILES string of the molecule is COC(=O)c1cc(C(=O)OC)cc(-n2c(C)cc(/C=C(/C#N)C(=O)c3cc(C)n(C4CCCC4)c3C)c2C)c1. The highest BCUT2D eigenvalue weighted by atomic mass is 16.5. The number of hydrogen-bond acceptors (Lipinski definition) is 6. The van der Waals surface area contributed by atoms with Crippen LogP contribution in [0.2, 0.25) is 0 Å². The van der Waals surface area contributed by atoms with Gasteiger partial charge in [-0.3, -0.25) is 4.79 Å². The summed E-state index contributed by atoms with van der Waals surface area (Å²) < 4.78 is 13.8. The minimum atomic E-state index is -0.586. The molecule has 1 fully saturated rings. The van der Waals surface area contributed by atoms with Gasteiger partial charge in [-0.2, -0.15) is 5.26 Å². The van der Waals surface area contributed by atoms with Crippen LogP contribution >= 0.6 is 0 Å². The van der Waals surface area contributed by atoms with E-state index in [4.69, 9.17) is 9.47 Å². The Hall–Kier alpha value is -4.38. The normalized spacial score (nSPS) is 13.8. The number of ketones is 1. The predicted molar refractivity (Wildman–Crippen MR) is 147 cm³/mol. The summed E-state index contributed by atoms with van der Waals surface area (Å²) >= 11 is 0. The van der Waals surface area contributed by atoms with Gasteiger partial charge in [-0.15, -0.1) is 0 Å². The topological polar surface area (TPSA) is 103 Å². The van der Waals surface area contributed by atoms with Crippen molar-refractivity contribution in [2.75, 3.05) is 14.2 Å². The van der Waals surface area contributed by atoms with Crippen LogP contribution in [0.1, 0.15) is 91.1 Å². The molecule has 0 radical (unpaired) electrons. The van der Waals surface area contributed by atoms with Crippen LogP contribution in [0.3, 0.4) is 0 Å². The highest BCUT2D eigenvalue weighted by Gasteiger charge is 2.25. The van der Waals surface area contributed by atoms with Gasteiger partial charge in [0.05, 0.1) is 25.3 Å². The van der Waals surface area contributed by atoms with Gasteiger partial charge in [0.25, 0.3) is 0 Å². The summed E-state index contributed by atoms with van der Waals surface area (Å²) in [6.45, 7) is 7.69. The average molecular weight is 528 g/mol. The van der Waals surface area contributed by atoms with Crippen molar-refractivity contribution in [3.8, 4) is 11.8 Å². The van der Waals surface area contributed by atoms with Crippen LogP contribution < -0.4 is 0 Å². The highest BCUT2D eigenvalue weighted by Crippen LogP contribution is 2.34. The molecule has 0 saturated heterocycles. The molecule has 3 aromatic rings. The van der Waals surface area contributed by atoms with Gasteiger partial charge in [-0.25, -0.2) is 9.59 Å². The smallest absolute Gasteiger partial charge is 0.337 e. The number of aryl methyl sites for hydroxylation is 2. The van der Waals surface area contributed by atoms with E-state index in [0.29, 0.717) is 22.9 Å². The molecule has 1 aliphatic carbocycles. The average Bonchev–Trinajstić information content (AvgIpc) is 3.63. The number of carbonyl (C=O) groups excluding carboxylic acids is 3. The zero-order valence-corrected chi connectivity index (χ0v) is 23.3. The summed E-state index contributed by atoms with van der Waals surface area (Å²) in [6.07, 6.45) is 6.19. The second kappa shape index (κ2) is 11.2. The lowest BCUT2D eigenvalue weighted by atomic mass is 10.0. The van der Waals surface area contributed by atoms with Crippen LogP contribution in [0.25, 0.3) is 11.8 Å². The van der Waals surface area contributed by atoms with Crippen molar-refractivity contribution in [3.63, 3.8) is 0 Å². The van der Waals surface area contributed by atoms with Crippen LogP contribution in [0.15, 0.2) is 35.9 Å². The molecule has 0 amide bonds. The molecular formula is C31H33N3O5. The van der Waals surface area contributed by atoms with Crippen LogP contribution in [-0.4, -0.2) is 41.1 Å². The number of rotatable bonds is 7. The quantitative estimate of drug-likeness (QED) is 0.162. The number of methoxy groups -OCH3 is 2. The number of benzene rings is 1. The molecule has 4 rings (SSSR count). The van der Waals surface area contributed by atoms with Crippen molar-refractivity contribution in [2.24, 2.45) is 0 Å². The van der Waals surface area contributed by atoms with Gasteiger partial charge in [0.15, 0.2) is 0 Å². The van der Waals surface area contributed by atoms with Gasteiger partial charge >= 0.3 is 11.9 Å². The lowest BCUT2D eigenvalue weighted by Crippen LogP contribution is -2.10. The van der Waals surface area contributed by atoms with E-state index in [1.54, 1.807) is 18.2 Å². The van der Waals surface area contributed by atoms with E-state index in [1.807, 2.05) is 44.4 Å². The summed E-state index contributed by atoms with van der Waals surface area (Å²) in [5, 5.41) is 9.98. The summed E-state index contributed by atoms with van der Waals surface area (Å²) in [6, 6.07) is 10.9. The van der Waals surface area contributed by atoms with E-state index >= 15 is 0 Å². The van der Waals surface area contributed by atoms with Gasteiger partial charge in [-0.05, 0) is 82.5 Å². The minimum absolute atomic E-state index is 0.0421. The molecule has 0 N–H and O–H groups in total. The Balaban J connectivity index is 1.76. The van der Waals surface area contributed by atoms with Gasteiger partial charge in [0, 0.05) is 40.1 Å². The Labute approximate surface area is 228 Å². The van der Waals surface area contributed by atoms with Crippen molar-refractivity contribution in [3.05, 3.63) is 80.9 Å². The number of ether oxygens (including phenoxy) is 2. The number of nitrogens with zero attached hydrogens (tertiary/aromatic N) is 3. The molecule has 8 heteroatoms. The van der Waals surface area contributed by atoms with E-state index in [-0.39, 0.29) is 22.5 Å². The van der Waals surface area contributed by atoms with E-state index in [9.17, 15) is 19.6 Å². The molecule has 39 heavy (non-hydrogen) atoms. The molecule has 2 heterocycles. The number of allylic oxidation sites excluding steroid dienone is 1. The highest BCUT2D eigenvalue weighted by molar-refractivity contribution is 6.15. The molecule has 0 spiro atoms. The second-order valence-corrected chi connectivity index (χ2v) is 10.0. The first-order chi connectivity index (χ1) is 18.6. The van der Waals surface area contributed by atoms with Crippen LogP contribution in [0, 0.1) is 39.0 Å². The molecule has 1 aliphatic rings. The molecule has 8 nitrogen and oxygen atoms in total. The fraction of sp³-hybridized carbons (Fsp3) is 0.355. The molecule has 0 aliphatic heterocycles. The first-order valence-corrected chi connectivity index (χ1v) is 13.0. The Morgan fingerprint density at radius 2 is 1.46 bits per heavy atom. The summed E-state index contributed by atoms with van der Waals surface area (Å²) in [5.74, 6) is -1.48. The Kier molecular flexibility index (Phi) is 7.91. The van der Waals surface area contributed by atoms with E-state index in [0.717, 1.165) is 35.6 Å². The third kappa shape index (κ3) is 5.17. The minimum Gasteiger partial charge on any atom is -0.465 e. The Morgan fingerprint density at radius 1 is 0.872 bits per heavy atom. The zero-order valence-electron chi connectivity index (χ0n) is 23.3. The second-order valence-electron chi connectivity index (χ2n) is 10.0. The maximum atomic E-state index is 13.5. The summed E-state index contributed by atoms with van der Waals surface area (Å²) in [5.41, 5.74) is 5.69. The summed E-state index contributed by atoms with van der Waals surface area (Å²) in [4.78, 5) is 38.1. The lowest BCUT2D eigenvalue weighted by molar-refractivity contribution is 0.0599. The Morgan fingerprint density at radius 3 is 2.00 bits per heavy atom. The molecule has 0 atom stereocenters. The number of esters is 2. The van der Waals surface area contributed by atoms with E-state index in [2.05, 4.69) is 10.6 Å². The van der Waals surface area contributed by atoms with Gasteiger partial charge in [0.2, 0.25) is 5.78 Å². The molecule has 0 bridgehead atoms. The van der Waals surface area contributed by atoms with Crippen molar-refractivity contribution in [2.45, 2.75) is 59.4 Å². The zero-order chi connectivity index (χ0) is 28.4. The molecule has 202 valence electrons. The first-order valence-electron chi connectivity index (χ1n) is 13.0. The summed E-state index contributed by atoms with van der Waals surface area (Å²) in [7, 11) is 2.54. The molecular weight excluding hydrogens is 494 g/mol. The van der Waals surface area contributed by atoms with Crippen molar-refractivity contribution in [1.29, 1.82) is 5.26 Å². The van der Waals surface area contributed by atoms with E-state index in [1.165, 1.54) is 33.1 Å². The number of Topliss-reactive ketones (excluding diaryl/α,β-unsaturated/α-hetero) is 1. The molecule has 2 aromatic heterocycles. The molecule has 0 unspecified atom stereocenters. The van der Waals surface area contributed by atoms with Gasteiger partial charge < -0.3 is 18.6 Å². The van der Waals surface area contributed by atoms with E-state index < -0.39 is 11.9 Å². The number of carbonyl (C=O) groups is 3. The fourth-order valence-corrected chi connectivity index (χ4v) is 5.72. The van der Waals surface area contributed by atoms with Crippen LogP contribution in [-0.2, 0) is 9.47 Å². The van der Waals surface area contributed by atoms with Crippen molar-refractivity contribution < 1.29 is 23.9 Å². The van der Waals surface area contributed by atoms with Crippen LogP contribution in [0.5, 0.6) is 0 Å². The van der Waals surface area contributed by atoms with Crippen molar-refractivity contribution >= 4 is 23.8 Å².